The van der Waals surface area contributed by atoms with E-state index in [1.165, 1.54) is 5.56 Å². The van der Waals surface area contributed by atoms with E-state index in [1.54, 1.807) is 0 Å². The van der Waals surface area contributed by atoms with Crippen LogP contribution in [0.5, 0.6) is 0 Å². The molecule has 23 heavy (non-hydrogen) atoms. The van der Waals surface area contributed by atoms with Crippen LogP contribution in [-0.2, 0) is 0 Å². The molecule has 5 heteroatoms. The van der Waals surface area contributed by atoms with Crippen LogP contribution in [0.3, 0.4) is 0 Å². The highest BCUT2D eigenvalue weighted by Crippen LogP contribution is 2.36. The Bertz CT molecular complexity index is 850. The van der Waals surface area contributed by atoms with E-state index in [0.29, 0.717) is 22.5 Å². The number of hydrogen-bond acceptors (Lipinski definition) is 4. The molecule has 116 valence electrons. The minimum Gasteiger partial charge on any atom is -0.350 e. The fourth-order valence-electron chi connectivity index (χ4n) is 3.30. The SMILES string of the molecule is Cc1nc(Cl)c2nc(N3CCCC3c3ccccc3)ccc2n1. The molecule has 1 aliphatic heterocycles. The second kappa shape index (κ2) is 5.78. The molecule has 4 rings (SSSR count). The maximum absolute atomic E-state index is 6.26. The number of rotatable bonds is 2. The van der Waals surface area contributed by atoms with Gasteiger partial charge >= 0.3 is 0 Å². The summed E-state index contributed by atoms with van der Waals surface area (Å²) >= 11 is 6.26. The molecule has 1 aromatic carbocycles. The van der Waals surface area contributed by atoms with Crippen molar-refractivity contribution in [2.75, 3.05) is 11.4 Å². The minimum atomic E-state index is 0.367. The van der Waals surface area contributed by atoms with Crippen LogP contribution in [0.15, 0.2) is 42.5 Å². The van der Waals surface area contributed by atoms with Crippen LogP contribution < -0.4 is 4.90 Å². The molecule has 2 aromatic heterocycles. The number of hydrogen-bond donors (Lipinski definition) is 0. The maximum atomic E-state index is 6.26. The highest BCUT2D eigenvalue weighted by molar-refractivity contribution is 6.33. The van der Waals surface area contributed by atoms with Gasteiger partial charge in [-0.15, -0.1) is 0 Å². The Morgan fingerprint density at radius 3 is 2.70 bits per heavy atom. The second-order valence-corrected chi connectivity index (χ2v) is 6.22. The van der Waals surface area contributed by atoms with Gasteiger partial charge in [-0.25, -0.2) is 15.0 Å². The molecule has 1 unspecified atom stereocenters. The third kappa shape index (κ3) is 2.63. The standard InChI is InChI=1S/C18H17ClN4/c1-12-20-14-9-10-16(22-17(14)18(19)21-12)23-11-5-8-15(23)13-6-3-2-4-7-13/h2-4,6-7,9-10,15H,5,8,11H2,1H3. The Labute approximate surface area is 140 Å². The summed E-state index contributed by atoms with van der Waals surface area (Å²) in [4.78, 5) is 15.7. The molecule has 1 aliphatic rings. The fraction of sp³-hybridized carbons (Fsp3) is 0.278. The van der Waals surface area contributed by atoms with Crippen LogP contribution in [0, 0.1) is 6.92 Å². The zero-order valence-corrected chi connectivity index (χ0v) is 13.7. The van der Waals surface area contributed by atoms with Crippen molar-refractivity contribution >= 4 is 28.5 Å². The first-order valence-electron chi connectivity index (χ1n) is 7.85. The summed E-state index contributed by atoms with van der Waals surface area (Å²) in [7, 11) is 0. The van der Waals surface area contributed by atoms with E-state index >= 15 is 0 Å². The first-order valence-corrected chi connectivity index (χ1v) is 8.22. The fourth-order valence-corrected chi connectivity index (χ4v) is 3.56. The van der Waals surface area contributed by atoms with Crippen molar-refractivity contribution in [3.8, 4) is 0 Å². The topological polar surface area (TPSA) is 41.9 Å². The smallest absolute Gasteiger partial charge is 0.159 e. The number of aromatic nitrogens is 3. The third-order valence-electron chi connectivity index (χ3n) is 4.33. The summed E-state index contributed by atoms with van der Waals surface area (Å²) in [6, 6.07) is 15.0. The Balaban J connectivity index is 1.76. The number of pyridine rings is 1. The number of anilines is 1. The number of nitrogens with zero attached hydrogens (tertiary/aromatic N) is 4. The largest absolute Gasteiger partial charge is 0.350 e. The van der Waals surface area contributed by atoms with Crippen molar-refractivity contribution in [1.82, 2.24) is 15.0 Å². The molecule has 1 atom stereocenters. The highest BCUT2D eigenvalue weighted by atomic mass is 35.5. The van der Waals surface area contributed by atoms with E-state index in [2.05, 4.69) is 45.2 Å². The molecule has 0 amide bonds. The van der Waals surface area contributed by atoms with Crippen LogP contribution >= 0.6 is 11.6 Å². The summed E-state index contributed by atoms with van der Waals surface area (Å²) in [5.41, 5.74) is 2.80. The molecule has 1 fully saturated rings. The second-order valence-electron chi connectivity index (χ2n) is 5.86. The molecule has 4 nitrogen and oxygen atoms in total. The van der Waals surface area contributed by atoms with Gasteiger partial charge in [-0.05, 0) is 37.5 Å². The van der Waals surface area contributed by atoms with E-state index in [0.717, 1.165) is 30.7 Å². The first kappa shape index (κ1) is 14.4. The van der Waals surface area contributed by atoms with Crippen LogP contribution in [0.1, 0.15) is 30.3 Å². The van der Waals surface area contributed by atoms with Gasteiger partial charge in [0.05, 0.1) is 11.6 Å². The monoisotopic (exact) mass is 324 g/mol. The van der Waals surface area contributed by atoms with Crippen LogP contribution in [0.4, 0.5) is 5.82 Å². The Kier molecular flexibility index (Phi) is 3.62. The summed E-state index contributed by atoms with van der Waals surface area (Å²) in [5, 5.41) is 0.421. The summed E-state index contributed by atoms with van der Waals surface area (Å²) in [6.45, 7) is 2.84. The van der Waals surface area contributed by atoms with Gasteiger partial charge < -0.3 is 4.90 Å². The van der Waals surface area contributed by atoms with Crippen LogP contribution in [0.25, 0.3) is 11.0 Å². The molecule has 3 heterocycles. The number of aryl methyl sites for hydroxylation is 1. The van der Waals surface area contributed by atoms with Crippen molar-refractivity contribution in [2.45, 2.75) is 25.8 Å². The average molecular weight is 325 g/mol. The molecular weight excluding hydrogens is 308 g/mol. The van der Waals surface area contributed by atoms with Crippen molar-refractivity contribution < 1.29 is 0 Å². The van der Waals surface area contributed by atoms with E-state index < -0.39 is 0 Å². The summed E-state index contributed by atoms with van der Waals surface area (Å²) in [6.07, 6.45) is 2.30. The molecule has 0 spiro atoms. The Morgan fingerprint density at radius 2 is 1.87 bits per heavy atom. The van der Waals surface area contributed by atoms with Crippen molar-refractivity contribution in [3.05, 3.63) is 59.0 Å². The van der Waals surface area contributed by atoms with Crippen molar-refractivity contribution in [1.29, 1.82) is 0 Å². The van der Waals surface area contributed by atoms with Gasteiger partial charge in [0.1, 0.15) is 17.2 Å². The average Bonchev–Trinajstić information content (AvgIpc) is 3.05. The lowest BCUT2D eigenvalue weighted by molar-refractivity contribution is 0.713. The number of fused-ring (bicyclic) bond motifs is 1. The van der Waals surface area contributed by atoms with Gasteiger partial charge in [0.15, 0.2) is 5.15 Å². The van der Waals surface area contributed by atoms with Gasteiger partial charge in [0.2, 0.25) is 0 Å². The molecule has 3 aromatic rings. The van der Waals surface area contributed by atoms with Crippen LogP contribution in [0.2, 0.25) is 5.15 Å². The van der Waals surface area contributed by atoms with Gasteiger partial charge in [-0.1, -0.05) is 41.9 Å². The van der Waals surface area contributed by atoms with E-state index in [9.17, 15) is 0 Å². The lowest BCUT2D eigenvalue weighted by Crippen LogP contribution is -2.23. The van der Waals surface area contributed by atoms with Crippen molar-refractivity contribution in [3.63, 3.8) is 0 Å². The molecule has 0 radical (unpaired) electrons. The molecule has 0 N–H and O–H groups in total. The third-order valence-corrected chi connectivity index (χ3v) is 4.59. The van der Waals surface area contributed by atoms with E-state index in [-0.39, 0.29) is 0 Å². The van der Waals surface area contributed by atoms with Gasteiger partial charge in [-0.2, -0.15) is 0 Å². The Hall–Kier alpha value is -2.20. The minimum absolute atomic E-state index is 0.367. The first-order chi connectivity index (χ1) is 11.2. The lowest BCUT2D eigenvalue weighted by atomic mass is 10.0. The van der Waals surface area contributed by atoms with Gasteiger partial charge in [0, 0.05) is 6.54 Å². The summed E-state index contributed by atoms with van der Waals surface area (Å²) in [5.74, 6) is 1.61. The zero-order chi connectivity index (χ0) is 15.8. The van der Waals surface area contributed by atoms with E-state index in [4.69, 9.17) is 16.6 Å². The number of benzene rings is 1. The number of halogens is 1. The predicted octanol–water partition coefficient (Wildman–Crippen LogP) is 4.33. The van der Waals surface area contributed by atoms with Crippen LogP contribution in [-0.4, -0.2) is 21.5 Å². The highest BCUT2D eigenvalue weighted by Gasteiger charge is 2.27. The molecule has 0 bridgehead atoms. The predicted molar refractivity (Wildman–Crippen MR) is 92.8 cm³/mol. The zero-order valence-electron chi connectivity index (χ0n) is 12.9. The van der Waals surface area contributed by atoms with Crippen molar-refractivity contribution in [2.24, 2.45) is 0 Å². The maximum Gasteiger partial charge on any atom is 0.159 e. The Morgan fingerprint density at radius 1 is 1.04 bits per heavy atom. The molecular formula is C18H17ClN4. The molecule has 0 aliphatic carbocycles. The van der Waals surface area contributed by atoms with E-state index in [1.807, 2.05) is 19.1 Å². The quantitative estimate of drug-likeness (QED) is 0.658. The lowest BCUT2D eigenvalue weighted by Gasteiger charge is -2.26. The molecule has 0 saturated carbocycles. The van der Waals surface area contributed by atoms with Gasteiger partial charge in [0.25, 0.3) is 0 Å². The van der Waals surface area contributed by atoms with Gasteiger partial charge in [-0.3, -0.25) is 0 Å². The normalized spacial score (nSPS) is 17.8. The summed E-state index contributed by atoms with van der Waals surface area (Å²) < 4.78 is 0. The molecule has 1 saturated heterocycles.